The van der Waals surface area contributed by atoms with Crippen molar-refractivity contribution in [1.29, 1.82) is 0 Å². The highest BCUT2D eigenvalue weighted by Gasteiger charge is 2.17. The predicted molar refractivity (Wildman–Crippen MR) is 54.8 cm³/mol. The maximum Gasteiger partial charge on any atom is 0.414 e. The Balaban J connectivity index is 0.000000288. The van der Waals surface area contributed by atoms with Crippen molar-refractivity contribution in [3.63, 3.8) is 0 Å². The number of carboxylic acid groups (broad SMARTS) is 2. The van der Waals surface area contributed by atoms with Crippen LogP contribution in [0.1, 0.15) is 13.8 Å². The highest BCUT2D eigenvalue weighted by Crippen LogP contribution is 2.01. The molecule has 0 radical (unpaired) electrons. The van der Waals surface area contributed by atoms with Gasteiger partial charge in [0.05, 0.1) is 0 Å². The number of nitrogens with one attached hydrogen (secondary N) is 1. The minimum Gasteiger partial charge on any atom is -0.473 e. The Bertz CT molecular complexity index is 220. The molecule has 0 aliphatic carbocycles. The maximum absolute atomic E-state index is 9.10. The van der Waals surface area contributed by atoms with Crippen molar-refractivity contribution in [2.45, 2.75) is 25.9 Å². The normalized spacial score (nSPS) is 26.3. The lowest BCUT2D eigenvalue weighted by Gasteiger charge is -2.34. The Morgan fingerprint density at radius 3 is 2.00 bits per heavy atom. The van der Waals surface area contributed by atoms with E-state index in [-0.39, 0.29) is 0 Å². The summed E-state index contributed by atoms with van der Waals surface area (Å²) in [6.45, 7) is 6.79. The minimum atomic E-state index is -1.82. The predicted octanol–water partition coefficient (Wildman–Crippen LogP) is -0.546. The van der Waals surface area contributed by atoms with Gasteiger partial charge in [-0.25, -0.2) is 9.59 Å². The third kappa shape index (κ3) is 6.03. The van der Waals surface area contributed by atoms with Gasteiger partial charge >= 0.3 is 11.9 Å². The average Bonchev–Trinajstić information content (AvgIpc) is 2.13. The van der Waals surface area contributed by atoms with Gasteiger partial charge < -0.3 is 20.4 Å². The summed E-state index contributed by atoms with van der Waals surface area (Å²) in [6.07, 6.45) is 0. The number of nitrogens with zero attached hydrogens (tertiary/aromatic N) is 1. The quantitative estimate of drug-likeness (QED) is 0.473. The van der Waals surface area contributed by atoms with E-state index in [0.717, 1.165) is 6.54 Å². The lowest BCUT2D eigenvalue weighted by atomic mass is 10.2. The summed E-state index contributed by atoms with van der Waals surface area (Å²) in [5.41, 5.74) is 0. The van der Waals surface area contributed by atoms with Crippen LogP contribution < -0.4 is 5.32 Å². The molecule has 0 saturated carbocycles. The molecule has 0 aromatic carbocycles. The molecule has 1 aliphatic heterocycles. The second kappa shape index (κ2) is 6.36. The number of carbonyl (C=O) groups is 2. The van der Waals surface area contributed by atoms with Gasteiger partial charge in [-0.1, -0.05) is 0 Å². The molecule has 1 rings (SSSR count). The van der Waals surface area contributed by atoms with E-state index in [1.54, 1.807) is 0 Å². The van der Waals surface area contributed by atoms with E-state index in [2.05, 4.69) is 31.1 Å². The van der Waals surface area contributed by atoms with Gasteiger partial charge in [0.2, 0.25) is 0 Å². The van der Waals surface area contributed by atoms with Gasteiger partial charge in [0.15, 0.2) is 0 Å². The van der Waals surface area contributed by atoms with Crippen molar-refractivity contribution in [2.24, 2.45) is 0 Å². The molecule has 0 aromatic heterocycles. The van der Waals surface area contributed by atoms with E-state index in [9.17, 15) is 0 Å². The molecule has 1 saturated heterocycles. The van der Waals surface area contributed by atoms with E-state index >= 15 is 0 Å². The van der Waals surface area contributed by atoms with Gasteiger partial charge in [0, 0.05) is 25.2 Å². The van der Waals surface area contributed by atoms with Crippen LogP contribution in [0.3, 0.4) is 0 Å². The van der Waals surface area contributed by atoms with Crippen LogP contribution in [0.5, 0.6) is 0 Å². The van der Waals surface area contributed by atoms with Crippen molar-refractivity contribution < 1.29 is 19.8 Å². The highest BCUT2D eigenvalue weighted by molar-refractivity contribution is 6.27. The topological polar surface area (TPSA) is 89.9 Å². The first kappa shape index (κ1) is 13.9. The van der Waals surface area contributed by atoms with Crippen LogP contribution >= 0.6 is 0 Å². The van der Waals surface area contributed by atoms with Crippen LogP contribution in [0.4, 0.5) is 0 Å². The minimum absolute atomic E-state index is 0.672. The number of likely N-dealkylation sites (N-methyl/N-ethyl adjacent to an activating group) is 1. The second-order valence-corrected chi connectivity index (χ2v) is 3.71. The van der Waals surface area contributed by atoms with Crippen molar-refractivity contribution in [3.8, 4) is 0 Å². The Hall–Kier alpha value is -1.14. The van der Waals surface area contributed by atoms with Gasteiger partial charge in [0.25, 0.3) is 0 Å². The SMILES string of the molecule is CC1CN(C)C(C)CN1.O=C(O)C(=O)O. The molecule has 1 aliphatic rings. The van der Waals surface area contributed by atoms with Crippen molar-refractivity contribution in [1.82, 2.24) is 10.2 Å². The highest BCUT2D eigenvalue weighted by atomic mass is 16.4. The van der Waals surface area contributed by atoms with E-state index in [0.29, 0.717) is 12.1 Å². The Labute approximate surface area is 88.9 Å². The fraction of sp³-hybridized carbons (Fsp3) is 0.778. The summed E-state index contributed by atoms with van der Waals surface area (Å²) in [7, 11) is 2.18. The van der Waals surface area contributed by atoms with E-state index < -0.39 is 11.9 Å². The van der Waals surface area contributed by atoms with E-state index in [4.69, 9.17) is 19.8 Å². The molecule has 15 heavy (non-hydrogen) atoms. The molecular weight excluding hydrogens is 200 g/mol. The summed E-state index contributed by atoms with van der Waals surface area (Å²) in [5.74, 6) is -3.65. The molecule has 6 nitrogen and oxygen atoms in total. The van der Waals surface area contributed by atoms with Gasteiger partial charge in [0.1, 0.15) is 0 Å². The van der Waals surface area contributed by atoms with Crippen LogP contribution in [-0.2, 0) is 9.59 Å². The van der Waals surface area contributed by atoms with Crippen molar-refractivity contribution in [2.75, 3.05) is 20.1 Å². The van der Waals surface area contributed by atoms with Crippen LogP contribution in [0.2, 0.25) is 0 Å². The second-order valence-electron chi connectivity index (χ2n) is 3.71. The third-order valence-corrected chi connectivity index (χ3v) is 2.26. The van der Waals surface area contributed by atoms with Crippen molar-refractivity contribution >= 4 is 11.9 Å². The van der Waals surface area contributed by atoms with Crippen LogP contribution in [-0.4, -0.2) is 59.3 Å². The first-order valence-corrected chi connectivity index (χ1v) is 4.74. The smallest absolute Gasteiger partial charge is 0.414 e. The number of piperazine rings is 1. The maximum atomic E-state index is 9.10. The van der Waals surface area contributed by atoms with Crippen LogP contribution in [0.25, 0.3) is 0 Å². The number of hydrogen-bond acceptors (Lipinski definition) is 4. The molecular formula is C9H18N2O4. The molecule has 2 atom stereocenters. The first-order chi connectivity index (χ1) is 6.84. The summed E-state index contributed by atoms with van der Waals surface area (Å²) in [5, 5.41) is 18.2. The molecule has 0 aromatic rings. The van der Waals surface area contributed by atoms with Crippen LogP contribution in [0.15, 0.2) is 0 Å². The Morgan fingerprint density at radius 2 is 1.73 bits per heavy atom. The molecule has 0 amide bonds. The zero-order valence-electron chi connectivity index (χ0n) is 9.23. The third-order valence-electron chi connectivity index (χ3n) is 2.26. The number of hydrogen-bond donors (Lipinski definition) is 3. The molecule has 0 spiro atoms. The molecule has 2 unspecified atom stereocenters. The Kier molecular flexibility index (Phi) is 5.88. The zero-order chi connectivity index (χ0) is 12.0. The average molecular weight is 218 g/mol. The van der Waals surface area contributed by atoms with Gasteiger partial charge in [-0.3, -0.25) is 0 Å². The monoisotopic (exact) mass is 218 g/mol. The van der Waals surface area contributed by atoms with E-state index in [1.807, 2.05) is 0 Å². The zero-order valence-corrected chi connectivity index (χ0v) is 9.23. The summed E-state index contributed by atoms with van der Waals surface area (Å²) >= 11 is 0. The number of carboxylic acids is 2. The van der Waals surface area contributed by atoms with Gasteiger partial charge in [-0.15, -0.1) is 0 Å². The summed E-state index contributed by atoms with van der Waals surface area (Å²) in [4.78, 5) is 20.6. The van der Waals surface area contributed by atoms with Crippen molar-refractivity contribution in [3.05, 3.63) is 0 Å². The fourth-order valence-corrected chi connectivity index (χ4v) is 1.20. The number of rotatable bonds is 0. The van der Waals surface area contributed by atoms with Gasteiger partial charge in [-0.05, 0) is 20.9 Å². The lowest BCUT2D eigenvalue weighted by molar-refractivity contribution is -0.159. The molecule has 1 heterocycles. The summed E-state index contributed by atoms with van der Waals surface area (Å²) in [6, 6.07) is 1.38. The molecule has 0 bridgehead atoms. The first-order valence-electron chi connectivity index (χ1n) is 4.74. The van der Waals surface area contributed by atoms with Gasteiger partial charge in [-0.2, -0.15) is 0 Å². The number of aliphatic carboxylic acids is 2. The molecule has 1 fully saturated rings. The largest absolute Gasteiger partial charge is 0.473 e. The molecule has 6 heteroatoms. The Morgan fingerprint density at radius 1 is 1.27 bits per heavy atom. The fourth-order valence-electron chi connectivity index (χ4n) is 1.20. The molecule has 3 N–H and O–H groups in total. The molecule has 88 valence electrons. The van der Waals surface area contributed by atoms with Crippen LogP contribution in [0, 0.1) is 0 Å². The standard InChI is InChI=1S/C7H16N2.C2H2O4/c1-6-5-9(3)7(2)4-8-6;3-1(4)2(5)6/h6-8H,4-5H2,1-3H3;(H,3,4)(H,5,6). The van der Waals surface area contributed by atoms with E-state index in [1.165, 1.54) is 6.54 Å². The lowest BCUT2D eigenvalue weighted by Crippen LogP contribution is -2.52. The summed E-state index contributed by atoms with van der Waals surface area (Å²) < 4.78 is 0.